The number of hydrogen-bond acceptors (Lipinski definition) is 1. The maximum atomic E-state index is 9.18. The summed E-state index contributed by atoms with van der Waals surface area (Å²) in [4.78, 5) is 0. The van der Waals surface area contributed by atoms with Crippen LogP contribution in [0.1, 0.15) is 54.0 Å². The van der Waals surface area contributed by atoms with Crippen molar-refractivity contribution in [2.75, 3.05) is 0 Å². The van der Waals surface area contributed by atoms with E-state index in [9.17, 15) is 5.11 Å². The maximum absolute atomic E-state index is 9.18. The summed E-state index contributed by atoms with van der Waals surface area (Å²) >= 11 is 0. The topological polar surface area (TPSA) is 20.2 Å². The molecule has 0 aliphatic heterocycles. The molecular formula is C19H27Cl2OTi-3. The Balaban J connectivity index is -0.000000312. The van der Waals surface area contributed by atoms with Crippen LogP contribution in [0.4, 0.5) is 0 Å². The summed E-state index contributed by atoms with van der Waals surface area (Å²) in [6.45, 7) is 15.0. The van der Waals surface area contributed by atoms with E-state index in [0.29, 0.717) is 11.7 Å². The molecule has 0 spiro atoms. The maximum Gasteiger partial charge on any atom is 0.115 e. The van der Waals surface area contributed by atoms with Crippen molar-refractivity contribution >= 4 is 0 Å². The van der Waals surface area contributed by atoms with Gasteiger partial charge in [0, 0.05) is 21.7 Å². The Labute approximate surface area is 169 Å². The Morgan fingerprint density at radius 2 is 1.57 bits per heavy atom. The minimum atomic E-state index is 0. The number of aromatic hydroxyl groups is 1. The third-order valence-corrected chi connectivity index (χ3v) is 3.95. The molecule has 130 valence electrons. The van der Waals surface area contributed by atoms with Crippen molar-refractivity contribution in [1.29, 1.82) is 0 Å². The van der Waals surface area contributed by atoms with E-state index in [2.05, 4.69) is 54.5 Å². The predicted molar refractivity (Wildman–Crippen MR) is 86.8 cm³/mol. The van der Waals surface area contributed by atoms with Crippen LogP contribution in [0.3, 0.4) is 0 Å². The predicted octanol–water partition coefficient (Wildman–Crippen LogP) is -0.583. The van der Waals surface area contributed by atoms with Gasteiger partial charge in [0.1, 0.15) is 5.75 Å². The minimum Gasteiger partial charge on any atom is -1.00 e. The van der Waals surface area contributed by atoms with Gasteiger partial charge >= 0.3 is 0 Å². The molecule has 1 N–H and O–H groups in total. The first kappa shape index (κ1) is 27.6. The van der Waals surface area contributed by atoms with E-state index in [4.69, 9.17) is 0 Å². The molecule has 2 rings (SSSR count). The first-order valence-electron chi connectivity index (χ1n) is 7.20. The molecule has 0 fully saturated rings. The van der Waals surface area contributed by atoms with Gasteiger partial charge in [0.25, 0.3) is 0 Å². The number of allylic oxidation sites excluding steroid dienone is 4. The first-order chi connectivity index (χ1) is 9.12. The molecule has 0 aromatic heterocycles. The molecule has 1 unspecified atom stereocenters. The fourth-order valence-corrected chi connectivity index (χ4v) is 2.13. The summed E-state index contributed by atoms with van der Waals surface area (Å²) in [5.74, 6) is 0.905. The van der Waals surface area contributed by atoms with Gasteiger partial charge in [-0.3, -0.25) is 6.08 Å². The minimum absolute atomic E-state index is 0. The quantitative estimate of drug-likeness (QED) is 0.464. The molecule has 0 saturated carbocycles. The van der Waals surface area contributed by atoms with Crippen LogP contribution in [0.2, 0.25) is 0 Å². The molecule has 0 amide bonds. The number of halogens is 2. The van der Waals surface area contributed by atoms with Crippen LogP contribution >= 0.6 is 0 Å². The fourth-order valence-electron chi connectivity index (χ4n) is 2.13. The van der Waals surface area contributed by atoms with E-state index in [0.717, 1.165) is 5.56 Å². The van der Waals surface area contributed by atoms with Crippen molar-refractivity contribution in [3.8, 4) is 5.75 Å². The zero-order valence-corrected chi connectivity index (χ0v) is 18.2. The van der Waals surface area contributed by atoms with Crippen LogP contribution in [-0.2, 0) is 27.1 Å². The smallest absolute Gasteiger partial charge is 0.115 e. The zero-order chi connectivity index (χ0) is 15.5. The Morgan fingerprint density at radius 3 is 1.78 bits per heavy atom. The van der Waals surface area contributed by atoms with Crippen molar-refractivity contribution in [2.45, 2.75) is 53.9 Å². The van der Waals surface area contributed by atoms with Crippen LogP contribution in [-0.4, -0.2) is 5.11 Å². The second-order valence-electron chi connectivity index (χ2n) is 6.60. The van der Waals surface area contributed by atoms with E-state index < -0.39 is 0 Å². The summed E-state index contributed by atoms with van der Waals surface area (Å²) in [5.41, 5.74) is 5.53. The number of rotatable bonds is 0. The summed E-state index contributed by atoms with van der Waals surface area (Å²) in [7, 11) is 0. The largest absolute Gasteiger partial charge is 1.00 e. The monoisotopic (exact) mass is 389 g/mol. The summed E-state index contributed by atoms with van der Waals surface area (Å²) < 4.78 is 0. The van der Waals surface area contributed by atoms with Gasteiger partial charge < -0.3 is 29.9 Å². The van der Waals surface area contributed by atoms with E-state index in [-0.39, 0.29) is 51.9 Å². The molecule has 1 aliphatic carbocycles. The van der Waals surface area contributed by atoms with Crippen LogP contribution < -0.4 is 24.8 Å². The molecule has 1 nitrogen and oxygen atoms in total. The first-order valence-corrected chi connectivity index (χ1v) is 7.20. The van der Waals surface area contributed by atoms with Gasteiger partial charge in [-0.1, -0.05) is 59.6 Å². The van der Waals surface area contributed by atoms with Crippen molar-refractivity contribution in [3.05, 3.63) is 52.6 Å². The molecule has 0 radical (unpaired) electrons. The van der Waals surface area contributed by atoms with Crippen LogP contribution in [0.25, 0.3) is 0 Å². The number of phenolic OH excluding ortho intramolecular Hbond substituents is 1. The molecular weight excluding hydrogens is 363 g/mol. The number of phenols is 1. The molecule has 1 atom stereocenters. The second-order valence-corrected chi connectivity index (χ2v) is 6.60. The van der Waals surface area contributed by atoms with Gasteiger partial charge in [0.2, 0.25) is 0 Å². The van der Waals surface area contributed by atoms with Gasteiger partial charge in [-0.05, 0) is 23.1 Å². The molecule has 1 aromatic rings. The van der Waals surface area contributed by atoms with Gasteiger partial charge in [-0.2, -0.15) is 11.1 Å². The van der Waals surface area contributed by atoms with E-state index >= 15 is 0 Å². The van der Waals surface area contributed by atoms with E-state index in [1.165, 1.54) is 16.7 Å². The molecule has 0 heterocycles. The SMILES string of the molecule is CC(C)(C)c1cccc(O)c1.CC1=[C-]C(C)C(C)=C1C.[Cl-].[Cl-].[Ti]. The van der Waals surface area contributed by atoms with Crippen molar-refractivity contribution in [2.24, 2.45) is 5.92 Å². The molecule has 1 aromatic carbocycles. The molecule has 1 aliphatic rings. The van der Waals surface area contributed by atoms with Crippen LogP contribution in [0, 0.1) is 12.0 Å². The third kappa shape index (κ3) is 8.45. The molecule has 4 heteroatoms. The molecule has 0 bridgehead atoms. The van der Waals surface area contributed by atoms with Gasteiger partial charge in [-0.25, -0.2) is 5.57 Å². The molecule has 23 heavy (non-hydrogen) atoms. The van der Waals surface area contributed by atoms with Crippen molar-refractivity contribution < 1.29 is 51.6 Å². The third-order valence-electron chi connectivity index (χ3n) is 3.95. The summed E-state index contributed by atoms with van der Waals surface area (Å²) in [5, 5.41) is 9.18. The Hall–Kier alpha value is -0.206. The Kier molecular flexibility index (Phi) is 13.7. The fraction of sp³-hybridized carbons (Fsp3) is 0.474. The van der Waals surface area contributed by atoms with E-state index in [1.54, 1.807) is 12.1 Å². The second kappa shape index (κ2) is 11.4. The standard InChI is InChI=1S/C10H14O.C9H13.2ClH.Ti/c1-10(2,3)8-5-4-6-9(11)7-8;1-6-5-7(2)9(4)8(6)3;;;/h4-7,11H,1-3H3;6H,1-4H3;2*1H;/q;-1;;;/p-2. The summed E-state index contributed by atoms with van der Waals surface area (Å²) in [6, 6.07) is 7.39. The van der Waals surface area contributed by atoms with Crippen molar-refractivity contribution in [1.82, 2.24) is 0 Å². The molecule has 0 saturated heterocycles. The van der Waals surface area contributed by atoms with Gasteiger partial charge in [0.05, 0.1) is 0 Å². The van der Waals surface area contributed by atoms with E-state index in [1.807, 2.05) is 12.1 Å². The summed E-state index contributed by atoms with van der Waals surface area (Å²) in [6.07, 6.45) is 3.36. The van der Waals surface area contributed by atoms with Gasteiger partial charge in [-0.15, -0.1) is 6.92 Å². The normalized spacial score (nSPS) is 16.1. The van der Waals surface area contributed by atoms with Gasteiger partial charge in [0.15, 0.2) is 0 Å². The van der Waals surface area contributed by atoms with Crippen LogP contribution in [0.5, 0.6) is 5.75 Å². The van der Waals surface area contributed by atoms with Crippen LogP contribution in [0.15, 0.2) is 41.0 Å². The number of hydrogen-bond donors (Lipinski definition) is 1. The van der Waals surface area contributed by atoms with Crippen molar-refractivity contribution in [3.63, 3.8) is 0 Å². The zero-order valence-electron chi connectivity index (χ0n) is 15.1. The Morgan fingerprint density at radius 1 is 1.04 bits per heavy atom. The average molecular weight is 390 g/mol. The number of benzene rings is 1. The Bertz CT molecular complexity index is 543. The average Bonchev–Trinajstić information content (AvgIpc) is 2.56.